The molecule has 36 heavy (non-hydrogen) atoms. The number of rotatable bonds is 4. The maximum atomic E-state index is 14.0. The van der Waals surface area contributed by atoms with Gasteiger partial charge in [-0.3, -0.25) is 9.47 Å². The van der Waals surface area contributed by atoms with Gasteiger partial charge < -0.3 is 19.7 Å². The van der Waals surface area contributed by atoms with Gasteiger partial charge in [-0.05, 0) is 42.5 Å². The largest absolute Gasteiger partial charge is 0.486 e. The molecule has 2 amide bonds. The number of hydrogen-bond acceptors (Lipinski definition) is 6. The van der Waals surface area contributed by atoms with Crippen molar-refractivity contribution < 1.29 is 18.7 Å². The van der Waals surface area contributed by atoms with E-state index in [0.29, 0.717) is 74.5 Å². The lowest BCUT2D eigenvalue weighted by Crippen LogP contribution is -2.49. The van der Waals surface area contributed by atoms with Crippen LogP contribution in [0.5, 0.6) is 11.5 Å². The summed E-state index contributed by atoms with van der Waals surface area (Å²) in [4.78, 5) is 26.2. The number of halogens is 1. The minimum Gasteiger partial charge on any atom is -0.486 e. The Labute approximate surface area is 207 Å². The highest BCUT2D eigenvalue weighted by Crippen LogP contribution is 2.32. The molecule has 1 N–H and O–H groups in total. The van der Waals surface area contributed by atoms with Crippen molar-refractivity contribution in [3.63, 3.8) is 0 Å². The molecule has 184 valence electrons. The zero-order valence-corrected chi connectivity index (χ0v) is 19.6. The van der Waals surface area contributed by atoms with E-state index in [9.17, 15) is 9.18 Å². The van der Waals surface area contributed by atoms with E-state index in [0.717, 1.165) is 11.3 Å². The predicted molar refractivity (Wildman–Crippen MR) is 132 cm³/mol. The third-order valence-corrected chi connectivity index (χ3v) is 6.37. The molecule has 0 unspecified atom stereocenters. The van der Waals surface area contributed by atoms with Gasteiger partial charge in [0.05, 0.1) is 12.2 Å². The Hall–Kier alpha value is -4.18. The van der Waals surface area contributed by atoms with Gasteiger partial charge in [0.1, 0.15) is 30.4 Å². The molecule has 0 spiro atoms. The highest BCUT2D eigenvalue weighted by atomic mass is 19.1. The van der Waals surface area contributed by atoms with Gasteiger partial charge in [0.25, 0.3) is 0 Å². The van der Waals surface area contributed by atoms with Crippen molar-refractivity contribution in [1.29, 1.82) is 0 Å². The van der Waals surface area contributed by atoms with E-state index < -0.39 is 0 Å². The molecule has 10 heteroatoms. The zero-order chi connectivity index (χ0) is 24.5. The number of ether oxygens (including phenoxy) is 2. The van der Waals surface area contributed by atoms with Crippen molar-refractivity contribution in [1.82, 2.24) is 24.3 Å². The van der Waals surface area contributed by atoms with Crippen molar-refractivity contribution >= 4 is 22.9 Å². The van der Waals surface area contributed by atoms with Crippen LogP contribution in [0.25, 0.3) is 16.9 Å². The van der Waals surface area contributed by atoms with Gasteiger partial charge in [-0.15, -0.1) is 0 Å². The van der Waals surface area contributed by atoms with Gasteiger partial charge in [-0.1, -0.05) is 6.07 Å². The first-order chi connectivity index (χ1) is 17.6. The van der Waals surface area contributed by atoms with Crippen LogP contribution >= 0.6 is 0 Å². The number of piperazine rings is 1. The van der Waals surface area contributed by atoms with E-state index >= 15 is 0 Å². The van der Waals surface area contributed by atoms with Crippen LogP contribution in [0, 0.1) is 5.82 Å². The van der Waals surface area contributed by atoms with Crippen molar-refractivity contribution in [3.8, 4) is 17.2 Å². The number of aromatic nitrogens is 3. The van der Waals surface area contributed by atoms with E-state index in [4.69, 9.17) is 14.5 Å². The van der Waals surface area contributed by atoms with Gasteiger partial charge in [-0.2, -0.15) is 0 Å². The summed E-state index contributed by atoms with van der Waals surface area (Å²) in [6.07, 6.45) is 1.71. The third-order valence-electron chi connectivity index (χ3n) is 6.37. The van der Waals surface area contributed by atoms with E-state index in [-0.39, 0.29) is 11.8 Å². The molecule has 6 rings (SSSR count). The molecule has 1 fully saturated rings. The van der Waals surface area contributed by atoms with Crippen LogP contribution in [0.3, 0.4) is 0 Å². The molecule has 0 bridgehead atoms. The molecule has 2 aromatic carbocycles. The molecule has 2 aliphatic rings. The lowest BCUT2D eigenvalue weighted by molar-refractivity contribution is 0.140. The van der Waals surface area contributed by atoms with E-state index in [1.54, 1.807) is 23.2 Å². The van der Waals surface area contributed by atoms with Gasteiger partial charge in [-0.25, -0.2) is 19.2 Å². The van der Waals surface area contributed by atoms with Gasteiger partial charge in [0.15, 0.2) is 17.1 Å². The standard InChI is InChI=1S/C26H25FN6O3/c27-18-3-1-4-20(15-18)33-24(30-21-5-2-8-28-25(21)33)17-31-9-11-32(12-10-31)26(34)29-19-6-7-22-23(16-19)36-14-13-35-22/h1-8,15-16H,9-14,17H2,(H,29,34). The minimum atomic E-state index is -0.311. The molecule has 2 aliphatic heterocycles. The predicted octanol–water partition coefficient (Wildman–Crippen LogP) is 3.68. The molecule has 1 saturated heterocycles. The number of nitrogens with zero attached hydrogens (tertiary/aromatic N) is 5. The second-order valence-electron chi connectivity index (χ2n) is 8.74. The average molecular weight is 489 g/mol. The van der Waals surface area contributed by atoms with E-state index in [1.165, 1.54) is 12.1 Å². The Morgan fingerprint density at radius 3 is 2.64 bits per heavy atom. The first-order valence-corrected chi connectivity index (χ1v) is 11.9. The van der Waals surface area contributed by atoms with Crippen molar-refractivity contribution in [2.75, 3.05) is 44.7 Å². The summed E-state index contributed by atoms with van der Waals surface area (Å²) in [6.45, 7) is 4.12. The second kappa shape index (κ2) is 9.46. The Kier molecular flexibility index (Phi) is 5.86. The minimum absolute atomic E-state index is 0.150. The number of fused-ring (bicyclic) bond motifs is 2. The molecule has 4 aromatic rings. The quantitative estimate of drug-likeness (QED) is 0.472. The number of anilines is 1. The molecular formula is C26H25FN6O3. The molecule has 4 heterocycles. The third kappa shape index (κ3) is 4.42. The van der Waals surface area contributed by atoms with E-state index in [1.807, 2.05) is 34.9 Å². The SMILES string of the molecule is O=C(Nc1ccc2c(c1)OCCO2)N1CCN(Cc2nc3cccnc3n2-c2cccc(F)c2)CC1. The highest BCUT2D eigenvalue weighted by Gasteiger charge is 2.24. The van der Waals surface area contributed by atoms with Crippen LogP contribution < -0.4 is 14.8 Å². The summed E-state index contributed by atoms with van der Waals surface area (Å²) in [5.41, 5.74) is 2.80. The first-order valence-electron chi connectivity index (χ1n) is 11.9. The lowest BCUT2D eigenvalue weighted by Gasteiger charge is -2.34. The number of pyridine rings is 1. The zero-order valence-electron chi connectivity index (χ0n) is 19.6. The molecule has 9 nitrogen and oxygen atoms in total. The molecule has 0 atom stereocenters. The lowest BCUT2D eigenvalue weighted by atomic mass is 10.2. The number of benzene rings is 2. The van der Waals surface area contributed by atoms with E-state index in [2.05, 4.69) is 15.2 Å². The summed E-state index contributed by atoms with van der Waals surface area (Å²) < 4.78 is 27.0. The number of imidazole rings is 1. The maximum absolute atomic E-state index is 14.0. The molecular weight excluding hydrogens is 463 g/mol. The average Bonchev–Trinajstić information content (AvgIpc) is 3.27. The second-order valence-corrected chi connectivity index (χ2v) is 8.74. The number of carbonyl (C=O) groups is 1. The van der Waals surface area contributed by atoms with Crippen LogP contribution in [-0.4, -0.2) is 69.8 Å². The number of nitrogens with one attached hydrogen (secondary N) is 1. The summed E-state index contributed by atoms with van der Waals surface area (Å²) in [7, 11) is 0. The van der Waals surface area contributed by atoms with Crippen LogP contribution in [-0.2, 0) is 6.54 Å². The Bertz CT molecular complexity index is 1420. The van der Waals surface area contributed by atoms with Crippen LogP contribution in [0.15, 0.2) is 60.8 Å². The number of carbonyl (C=O) groups excluding carboxylic acids is 1. The number of hydrogen-bond donors (Lipinski definition) is 1. The van der Waals surface area contributed by atoms with Gasteiger partial charge in [0, 0.05) is 44.1 Å². The fraction of sp³-hybridized carbons (Fsp3) is 0.269. The number of urea groups is 1. The Morgan fingerprint density at radius 2 is 1.81 bits per heavy atom. The molecule has 0 aliphatic carbocycles. The summed E-state index contributed by atoms with van der Waals surface area (Å²) in [5, 5.41) is 2.95. The van der Waals surface area contributed by atoms with Crippen LogP contribution in [0.4, 0.5) is 14.9 Å². The normalized spacial score (nSPS) is 15.8. The van der Waals surface area contributed by atoms with Crippen LogP contribution in [0.2, 0.25) is 0 Å². The van der Waals surface area contributed by atoms with Crippen molar-refractivity contribution in [2.24, 2.45) is 0 Å². The van der Waals surface area contributed by atoms with Gasteiger partial charge >= 0.3 is 6.03 Å². The molecule has 2 aromatic heterocycles. The first kappa shape index (κ1) is 22.3. The topological polar surface area (TPSA) is 84.8 Å². The fourth-order valence-electron chi connectivity index (χ4n) is 4.58. The monoisotopic (exact) mass is 488 g/mol. The Balaban J connectivity index is 1.13. The fourth-order valence-corrected chi connectivity index (χ4v) is 4.58. The summed E-state index contributed by atoms with van der Waals surface area (Å²) in [6, 6.07) is 15.4. The van der Waals surface area contributed by atoms with Crippen LogP contribution in [0.1, 0.15) is 5.82 Å². The number of amides is 2. The Morgan fingerprint density at radius 1 is 0.972 bits per heavy atom. The summed E-state index contributed by atoms with van der Waals surface area (Å²) >= 11 is 0. The van der Waals surface area contributed by atoms with Crippen molar-refractivity contribution in [3.05, 3.63) is 72.4 Å². The smallest absolute Gasteiger partial charge is 0.321 e. The molecule has 0 radical (unpaired) electrons. The maximum Gasteiger partial charge on any atom is 0.321 e. The summed E-state index contributed by atoms with van der Waals surface area (Å²) in [5.74, 6) is 1.80. The van der Waals surface area contributed by atoms with Crippen molar-refractivity contribution in [2.45, 2.75) is 6.54 Å². The molecule has 0 saturated carbocycles. The van der Waals surface area contributed by atoms with Gasteiger partial charge in [0.2, 0.25) is 0 Å². The highest BCUT2D eigenvalue weighted by molar-refractivity contribution is 5.89.